The fourth-order valence-corrected chi connectivity index (χ4v) is 4.15. The number of nitrogens with zero attached hydrogens (tertiary/aromatic N) is 4. The number of halogens is 1. The van der Waals surface area contributed by atoms with Crippen LogP contribution in [0.1, 0.15) is 48.8 Å². The number of amides is 1. The first kappa shape index (κ1) is 18.9. The Morgan fingerprint density at radius 2 is 2.18 bits per heavy atom. The molecule has 0 spiro atoms. The van der Waals surface area contributed by atoms with E-state index >= 15 is 0 Å². The molecule has 2 saturated heterocycles. The Kier molecular flexibility index (Phi) is 5.57. The molecule has 1 aromatic heterocycles. The van der Waals surface area contributed by atoms with Crippen LogP contribution in [0.15, 0.2) is 29.1 Å². The molecule has 0 saturated carbocycles. The number of benzene rings is 1. The van der Waals surface area contributed by atoms with Crippen LogP contribution in [0.3, 0.4) is 0 Å². The van der Waals surface area contributed by atoms with E-state index in [1.807, 2.05) is 4.90 Å². The lowest BCUT2D eigenvalue weighted by molar-refractivity contribution is 0.0692. The van der Waals surface area contributed by atoms with Crippen LogP contribution in [0.25, 0.3) is 0 Å². The maximum absolute atomic E-state index is 14.6. The van der Waals surface area contributed by atoms with E-state index in [1.165, 1.54) is 31.4 Å². The Morgan fingerprint density at radius 1 is 1.32 bits per heavy atom. The van der Waals surface area contributed by atoms with E-state index < -0.39 is 5.82 Å². The summed E-state index contributed by atoms with van der Waals surface area (Å²) in [4.78, 5) is 21.1. The Morgan fingerprint density at radius 3 is 2.89 bits per heavy atom. The molecule has 8 heteroatoms. The third kappa shape index (κ3) is 4.01. The van der Waals surface area contributed by atoms with Crippen molar-refractivity contribution in [3.8, 4) is 5.75 Å². The molecule has 2 aliphatic rings. The highest BCUT2D eigenvalue weighted by Gasteiger charge is 2.33. The van der Waals surface area contributed by atoms with Crippen LogP contribution in [-0.4, -0.2) is 57.6 Å². The summed E-state index contributed by atoms with van der Waals surface area (Å²) in [5.41, 5.74) is 0.0910. The molecule has 2 fully saturated rings. The van der Waals surface area contributed by atoms with Gasteiger partial charge in [0.2, 0.25) is 12.2 Å². The summed E-state index contributed by atoms with van der Waals surface area (Å²) in [5, 5.41) is 3.64. The number of carbonyl (C=O) groups excluding carboxylic acids is 1. The number of rotatable bonds is 6. The largest absolute Gasteiger partial charge is 0.485 e. The summed E-state index contributed by atoms with van der Waals surface area (Å²) in [6.07, 6.45) is 5.56. The Labute approximate surface area is 163 Å². The zero-order chi connectivity index (χ0) is 19.5. The number of ether oxygens (including phenoxy) is 1. The Hall–Kier alpha value is -2.48. The van der Waals surface area contributed by atoms with E-state index in [-0.39, 0.29) is 24.1 Å². The lowest BCUT2D eigenvalue weighted by Gasteiger charge is -2.31. The Balaban J connectivity index is 1.41. The van der Waals surface area contributed by atoms with E-state index in [2.05, 4.69) is 26.5 Å². The smallest absolute Gasteiger partial charge is 0.257 e. The van der Waals surface area contributed by atoms with E-state index in [1.54, 1.807) is 6.07 Å². The van der Waals surface area contributed by atoms with E-state index in [0.717, 1.165) is 25.9 Å². The van der Waals surface area contributed by atoms with Crippen LogP contribution in [0.4, 0.5) is 4.39 Å². The molecule has 1 amide bonds. The molecular formula is C20H25FN4O3. The van der Waals surface area contributed by atoms with Crippen molar-refractivity contribution in [2.75, 3.05) is 19.6 Å². The first-order valence-electron chi connectivity index (χ1n) is 9.84. The highest BCUT2D eigenvalue weighted by Crippen LogP contribution is 2.26. The van der Waals surface area contributed by atoms with Gasteiger partial charge in [-0.3, -0.25) is 9.69 Å². The van der Waals surface area contributed by atoms with Gasteiger partial charge in [-0.15, -0.1) is 0 Å². The molecule has 0 N–H and O–H groups in total. The van der Waals surface area contributed by atoms with Crippen molar-refractivity contribution >= 4 is 5.91 Å². The molecule has 2 aromatic rings. The van der Waals surface area contributed by atoms with Crippen molar-refractivity contribution in [2.24, 2.45) is 0 Å². The fraction of sp³-hybridized carbons (Fsp3) is 0.550. The summed E-state index contributed by atoms with van der Waals surface area (Å²) >= 11 is 0. The molecule has 0 radical (unpaired) electrons. The van der Waals surface area contributed by atoms with Gasteiger partial charge in [0.15, 0.2) is 6.61 Å². The predicted molar refractivity (Wildman–Crippen MR) is 99.4 cm³/mol. The molecule has 4 rings (SSSR count). The number of hydrogen-bond donors (Lipinski definition) is 0. The number of carbonyl (C=O) groups is 1. The first-order valence-corrected chi connectivity index (χ1v) is 9.84. The minimum absolute atomic E-state index is 0.0749. The van der Waals surface area contributed by atoms with Crippen molar-refractivity contribution in [2.45, 2.75) is 51.3 Å². The second-order valence-electron chi connectivity index (χ2n) is 7.56. The minimum Gasteiger partial charge on any atom is -0.485 e. The zero-order valence-corrected chi connectivity index (χ0v) is 16.0. The summed E-state index contributed by atoms with van der Waals surface area (Å²) in [6.45, 7) is 4.95. The normalized spacial score (nSPS) is 22.7. The van der Waals surface area contributed by atoms with Gasteiger partial charge < -0.3 is 14.2 Å². The van der Waals surface area contributed by atoms with Gasteiger partial charge in [0.05, 0.1) is 5.56 Å². The minimum atomic E-state index is -0.573. The maximum atomic E-state index is 14.6. The average Bonchev–Trinajstić information content (AvgIpc) is 3.43. The average molecular weight is 388 g/mol. The molecule has 150 valence electrons. The van der Waals surface area contributed by atoms with Crippen LogP contribution < -0.4 is 4.74 Å². The number of likely N-dealkylation sites (tertiary alicyclic amines) is 2. The Bertz CT molecular complexity index is 814. The lowest BCUT2D eigenvalue weighted by atomic mass is 10.1. The van der Waals surface area contributed by atoms with E-state index in [4.69, 9.17) is 4.74 Å². The molecule has 7 nitrogen and oxygen atoms in total. The van der Waals surface area contributed by atoms with Gasteiger partial charge in [-0.1, -0.05) is 5.16 Å². The van der Waals surface area contributed by atoms with Gasteiger partial charge in [0.1, 0.15) is 11.6 Å². The van der Waals surface area contributed by atoms with E-state index in [0.29, 0.717) is 24.2 Å². The third-order valence-corrected chi connectivity index (χ3v) is 5.72. The van der Waals surface area contributed by atoms with Crippen molar-refractivity contribution in [1.29, 1.82) is 0 Å². The molecule has 0 bridgehead atoms. The standard InChI is InChI=1S/C20H25FN4O3/c1-14-4-2-8-24(14)11-15-5-3-9-25(15)20(26)17-7-6-16(10-18(17)21)27-12-19-22-13-28-23-19/h6-7,10,13-15H,2-5,8-9,11-12H2,1H3. The van der Waals surface area contributed by atoms with Gasteiger partial charge in [-0.25, -0.2) is 4.39 Å². The molecule has 2 atom stereocenters. The zero-order valence-electron chi connectivity index (χ0n) is 16.0. The summed E-state index contributed by atoms with van der Waals surface area (Å²) in [6, 6.07) is 5.05. The van der Waals surface area contributed by atoms with Crippen LogP contribution in [-0.2, 0) is 6.61 Å². The topological polar surface area (TPSA) is 71.7 Å². The van der Waals surface area contributed by atoms with Crippen molar-refractivity contribution in [3.63, 3.8) is 0 Å². The lowest BCUT2D eigenvalue weighted by Crippen LogP contribution is -2.44. The quantitative estimate of drug-likeness (QED) is 0.758. The maximum Gasteiger partial charge on any atom is 0.257 e. The molecule has 1 aromatic carbocycles. The molecule has 28 heavy (non-hydrogen) atoms. The molecular weight excluding hydrogens is 363 g/mol. The highest BCUT2D eigenvalue weighted by molar-refractivity contribution is 5.95. The van der Waals surface area contributed by atoms with Crippen LogP contribution >= 0.6 is 0 Å². The van der Waals surface area contributed by atoms with Gasteiger partial charge in [0.25, 0.3) is 5.91 Å². The number of hydrogen-bond acceptors (Lipinski definition) is 6. The highest BCUT2D eigenvalue weighted by atomic mass is 19.1. The summed E-state index contributed by atoms with van der Waals surface area (Å²) < 4.78 is 24.7. The number of aromatic nitrogens is 2. The molecule has 3 heterocycles. The molecule has 2 aliphatic heterocycles. The van der Waals surface area contributed by atoms with Crippen LogP contribution in [0, 0.1) is 5.82 Å². The van der Waals surface area contributed by atoms with Gasteiger partial charge in [-0.05, 0) is 51.3 Å². The monoisotopic (exact) mass is 388 g/mol. The predicted octanol–water partition coefficient (Wildman–Crippen LogP) is 2.88. The SMILES string of the molecule is CC1CCCN1CC1CCCN1C(=O)c1ccc(OCc2ncon2)cc1F. The second kappa shape index (κ2) is 8.26. The van der Waals surface area contributed by atoms with Gasteiger partial charge in [0, 0.05) is 31.2 Å². The van der Waals surface area contributed by atoms with Gasteiger partial charge in [-0.2, -0.15) is 4.98 Å². The van der Waals surface area contributed by atoms with E-state index in [9.17, 15) is 9.18 Å². The first-order chi connectivity index (χ1) is 13.6. The van der Waals surface area contributed by atoms with Gasteiger partial charge >= 0.3 is 0 Å². The second-order valence-corrected chi connectivity index (χ2v) is 7.56. The summed E-state index contributed by atoms with van der Waals surface area (Å²) in [7, 11) is 0. The van der Waals surface area contributed by atoms with Crippen LogP contribution in [0.2, 0.25) is 0 Å². The summed E-state index contributed by atoms with van der Waals surface area (Å²) in [5.74, 6) is -0.119. The van der Waals surface area contributed by atoms with Crippen LogP contribution in [0.5, 0.6) is 5.75 Å². The third-order valence-electron chi connectivity index (χ3n) is 5.72. The fourth-order valence-electron chi connectivity index (χ4n) is 4.15. The van der Waals surface area contributed by atoms with Crippen molar-refractivity contribution in [1.82, 2.24) is 19.9 Å². The van der Waals surface area contributed by atoms with Crippen molar-refractivity contribution in [3.05, 3.63) is 41.8 Å². The molecule has 2 unspecified atom stereocenters. The molecule has 0 aliphatic carbocycles. The van der Waals surface area contributed by atoms with Crippen molar-refractivity contribution < 1.29 is 18.4 Å².